The number of aliphatic carboxylic acids is 1. The quantitative estimate of drug-likeness (QED) is 0.822. The zero-order valence-corrected chi connectivity index (χ0v) is 12.8. The summed E-state index contributed by atoms with van der Waals surface area (Å²) in [5, 5.41) is 8.82. The van der Waals surface area contributed by atoms with E-state index in [4.69, 9.17) is 5.11 Å². The highest BCUT2D eigenvalue weighted by Crippen LogP contribution is 2.26. The molecule has 1 heterocycles. The van der Waals surface area contributed by atoms with Crippen LogP contribution in [0.2, 0.25) is 0 Å². The average Bonchev–Trinajstić information content (AvgIpc) is 2.89. The molecule has 1 aliphatic rings. The van der Waals surface area contributed by atoms with Crippen LogP contribution < -0.4 is 0 Å². The predicted octanol–water partition coefficient (Wildman–Crippen LogP) is 2.73. The number of carboxylic acid groups (broad SMARTS) is 1. The topological polar surface area (TPSA) is 57.6 Å². The number of aryl methyl sites for hydroxylation is 2. The predicted molar refractivity (Wildman–Crippen MR) is 81.4 cm³/mol. The van der Waals surface area contributed by atoms with E-state index in [-0.39, 0.29) is 25.4 Å². The van der Waals surface area contributed by atoms with E-state index < -0.39 is 11.6 Å². The van der Waals surface area contributed by atoms with Gasteiger partial charge in [-0.05, 0) is 31.7 Å². The van der Waals surface area contributed by atoms with Crippen molar-refractivity contribution in [3.8, 4) is 0 Å². The number of rotatable bonds is 6. The third kappa shape index (κ3) is 4.06. The van der Waals surface area contributed by atoms with Crippen LogP contribution in [0.3, 0.4) is 0 Å². The van der Waals surface area contributed by atoms with Gasteiger partial charge in [0, 0.05) is 19.4 Å². The number of nitrogens with zero attached hydrogens (tertiary/aromatic N) is 1. The Balaban J connectivity index is 1.70. The zero-order valence-electron chi connectivity index (χ0n) is 12.8. The van der Waals surface area contributed by atoms with Gasteiger partial charge in [-0.1, -0.05) is 29.8 Å². The Kier molecular flexibility index (Phi) is 5.16. The van der Waals surface area contributed by atoms with E-state index in [1.54, 1.807) is 0 Å². The van der Waals surface area contributed by atoms with Gasteiger partial charge in [-0.15, -0.1) is 0 Å². The van der Waals surface area contributed by atoms with Gasteiger partial charge < -0.3 is 10.0 Å². The van der Waals surface area contributed by atoms with Crippen molar-refractivity contribution < 1.29 is 19.1 Å². The molecule has 22 heavy (non-hydrogen) atoms. The van der Waals surface area contributed by atoms with Crippen LogP contribution in [0.5, 0.6) is 0 Å². The molecule has 0 aliphatic carbocycles. The first-order valence-electron chi connectivity index (χ1n) is 7.66. The molecular formula is C17H22FNO3. The van der Waals surface area contributed by atoms with Crippen LogP contribution in [0.25, 0.3) is 0 Å². The minimum atomic E-state index is -2.27. The van der Waals surface area contributed by atoms with Gasteiger partial charge in [0.1, 0.15) is 0 Å². The van der Waals surface area contributed by atoms with Crippen LogP contribution in [-0.2, 0) is 16.0 Å². The number of hydrogen-bond acceptors (Lipinski definition) is 2. The molecule has 0 bridgehead atoms. The number of carbonyl (C=O) groups is 2. The first-order chi connectivity index (χ1) is 10.4. The van der Waals surface area contributed by atoms with Gasteiger partial charge in [0.15, 0.2) is 0 Å². The lowest BCUT2D eigenvalue weighted by Crippen LogP contribution is -2.38. The van der Waals surface area contributed by atoms with Crippen molar-refractivity contribution in [1.29, 1.82) is 0 Å². The van der Waals surface area contributed by atoms with Gasteiger partial charge in [-0.2, -0.15) is 0 Å². The number of halogens is 1. The Labute approximate surface area is 129 Å². The lowest BCUT2D eigenvalue weighted by atomic mass is 10.1. The van der Waals surface area contributed by atoms with E-state index in [1.165, 1.54) is 16.0 Å². The summed E-state index contributed by atoms with van der Waals surface area (Å²) in [6, 6.07) is 8.30. The summed E-state index contributed by atoms with van der Waals surface area (Å²) in [5.74, 6) is -1.62. The first kappa shape index (κ1) is 16.5. The minimum Gasteiger partial charge on any atom is -0.479 e. The fourth-order valence-corrected chi connectivity index (χ4v) is 2.68. The second kappa shape index (κ2) is 6.90. The van der Waals surface area contributed by atoms with Crippen molar-refractivity contribution in [2.75, 3.05) is 13.1 Å². The Hall–Kier alpha value is -1.91. The Bertz CT molecular complexity index is 543. The molecule has 1 fully saturated rings. The number of carboxylic acids is 1. The number of alkyl halides is 1. The maximum Gasteiger partial charge on any atom is 0.343 e. The first-order valence-corrected chi connectivity index (χ1v) is 7.66. The highest BCUT2D eigenvalue weighted by Gasteiger charge is 2.46. The number of unbranched alkanes of at least 4 members (excludes halogenated alkanes) is 1. The Morgan fingerprint density at radius 3 is 2.55 bits per heavy atom. The van der Waals surface area contributed by atoms with E-state index in [0.717, 1.165) is 19.3 Å². The maximum absolute atomic E-state index is 13.9. The average molecular weight is 307 g/mol. The van der Waals surface area contributed by atoms with Crippen LogP contribution in [-0.4, -0.2) is 40.6 Å². The van der Waals surface area contributed by atoms with Crippen molar-refractivity contribution in [1.82, 2.24) is 4.90 Å². The van der Waals surface area contributed by atoms with Gasteiger partial charge >= 0.3 is 5.97 Å². The highest BCUT2D eigenvalue weighted by molar-refractivity contribution is 5.82. The zero-order chi connectivity index (χ0) is 16.2. The smallest absolute Gasteiger partial charge is 0.343 e. The minimum absolute atomic E-state index is 0.114. The molecule has 2 rings (SSSR count). The molecule has 1 amide bonds. The lowest BCUT2D eigenvalue weighted by molar-refractivity contribution is -0.150. The fraction of sp³-hybridized carbons (Fsp3) is 0.529. The highest BCUT2D eigenvalue weighted by atomic mass is 19.1. The normalized spacial score (nSPS) is 21.1. The molecular weight excluding hydrogens is 285 g/mol. The van der Waals surface area contributed by atoms with Gasteiger partial charge in [-0.3, -0.25) is 4.79 Å². The summed E-state index contributed by atoms with van der Waals surface area (Å²) in [6.45, 7) is 1.92. The van der Waals surface area contributed by atoms with Crippen molar-refractivity contribution in [2.45, 2.75) is 44.7 Å². The third-order valence-corrected chi connectivity index (χ3v) is 4.18. The number of carbonyl (C=O) groups excluding carboxylic acids is 1. The number of amides is 1. The molecule has 0 saturated carbocycles. The summed E-state index contributed by atoms with van der Waals surface area (Å²) in [7, 11) is 0. The van der Waals surface area contributed by atoms with Gasteiger partial charge in [0.05, 0.1) is 6.54 Å². The standard InChI is InChI=1S/C17H22FNO3/c1-13-6-8-14(9-7-13)4-2-3-5-15(20)19-11-10-17(18,12-19)16(21)22/h6-9H,2-5,10-12H2,1H3,(H,21,22). The summed E-state index contributed by atoms with van der Waals surface area (Å²) in [5.41, 5.74) is 0.200. The molecule has 1 aromatic carbocycles. The molecule has 4 nitrogen and oxygen atoms in total. The van der Waals surface area contributed by atoms with Crippen molar-refractivity contribution >= 4 is 11.9 Å². The molecule has 0 aromatic heterocycles. The van der Waals surface area contributed by atoms with Gasteiger partial charge in [0.25, 0.3) is 0 Å². The Morgan fingerprint density at radius 1 is 1.27 bits per heavy atom. The fourth-order valence-electron chi connectivity index (χ4n) is 2.68. The maximum atomic E-state index is 13.9. The summed E-state index contributed by atoms with van der Waals surface area (Å²) in [6.07, 6.45) is 2.77. The molecule has 1 unspecified atom stereocenters. The molecule has 120 valence electrons. The molecule has 1 atom stereocenters. The van der Waals surface area contributed by atoms with Gasteiger partial charge in [-0.25, -0.2) is 9.18 Å². The van der Waals surface area contributed by atoms with E-state index in [2.05, 4.69) is 24.3 Å². The molecule has 0 spiro atoms. The van der Waals surface area contributed by atoms with E-state index in [1.807, 2.05) is 6.92 Å². The van der Waals surface area contributed by atoms with Crippen LogP contribution in [0.4, 0.5) is 4.39 Å². The largest absolute Gasteiger partial charge is 0.479 e. The van der Waals surface area contributed by atoms with E-state index in [0.29, 0.717) is 6.42 Å². The van der Waals surface area contributed by atoms with Crippen molar-refractivity contribution in [3.63, 3.8) is 0 Å². The summed E-state index contributed by atoms with van der Waals surface area (Å²) < 4.78 is 13.9. The van der Waals surface area contributed by atoms with Crippen LogP contribution in [0, 0.1) is 6.92 Å². The second-order valence-corrected chi connectivity index (χ2v) is 6.03. The molecule has 5 heteroatoms. The monoisotopic (exact) mass is 307 g/mol. The molecule has 1 aromatic rings. The molecule has 1 saturated heterocycles. The van der Waals surface area contributed by atoms with Crippen LogP contribution >= 0.6 is 0 Å². The van der Waals surface area contributed by atoms with Crippen molar-refractivity contribution in [2.24, 2.45) is 0 Å². The summed E-state index contributed by atoms with van der Waals surface area (Å²) >= 11 is 0. The third-order valence-electron chi connectivity index (χ3n) is 4.18. The van der Waals surface area contributed by atoms with Crippen molar-refractivity contribution in [3.05, 3.63) is 35.4 Å². The van der Waals surface area contributed by atoms with E-state index in [9.17, 15) is 14.0 Å². The molecule has 1 aliphatic heterocycles. The Morgan fingerprint density at radius 2 is 1.95 bits per heavy atom. The number of benzene rings is 1. The summed E-state index contributed by atoms with van der Waals surface area (Å²) in [4.78, 5) is 24.1. The molecule has 1 N–H and O–H groups in total. The molecule has 0 radical (unpaired) electrons. The SMILES string of the molecule is Cc1ccc(CCCCC(=O)N2CCC(F)(C(=O)O)C2)cc1. The van der Waals surface area contributed by atoms with Gasteiger partial charge in [0.2, 0.25) is 11.6 Å². The van der Waals surface area contributed by atoms with Crippen LogP contribution in [0.1, 0.15) is 36.8 Å². The second-order valence-electron chi connectivity index (χ2n) is 6.03. The number of hydrogen-bond donors (Lipinski definition) is 1. The number of likely N-dealkylation sites (tertiary alicyclic amines) is 1. The van der Waals surface area contributed by atoms with E-state index >= 15 is 0 Å². The van der Waals surface area contributed by atoms with Crippen LogP contribution in [0.15, 0.2) is 24.3 Å². The lowest BCUT2D eigenvalue weighted by Gasteiger charge is -2.17.